The third-order valence-electron chi connectivity index (χ3n) is 7.05. The van der Waals surface area contributed by atoms with Crippen molar-refractivity contribution in [1.82, 2.24) is 31.3 Å². The summed E-state index contributed by atoms with van der Waals surface area (Å²) in [6, 6.07) is 8.90. The van der Waals surface area contributed by atoms with Crippen LogP contribution in [0.15, 0.2) is 41.4 Å². The van der Waals surface area contributed by atoms with E-state index in [9.17, 15) is 14.0 Å². The summed E-state index contributed by atoms with van der Waals surface area (Å²) in [6.07, 6.45) is 5.93. The summed E-state index contributed by atoms with van der Waals surface area (Å²) >= 11 is 0. The number of halogens is 1. The van der Waals surface area contributed by atoms with Crippen molar-refractivity contribution in [3.63, 3.8) is 0 Å². The molecule has 1 saturated carbocycles. The molecule has 1 atom stereocenters. The fraction of sp³-hybridized carbons (Fsp3) is 0.429. The summed E-state index contributed by atoms with van der Waals surface area (Å²) in [6.45, 7) is 0.0878. The summed E-state index contributed by atoms with van der Waals surface area (Å²) in [7, 11) is 3.05. The van der Waals surface area contributed by atoms with Crippen LogP contribution in [0.4, 0.5) is 4.39 Å². The maximum absolute atomic E-state index is 14.6. The monoisotopic (exact) mass is 566 g/mol. The second-order valence-corrected chi connectivity index (χ2v) is 9.95. The van der Waals surface area contributed by atoms with Crippen molar-refractivity contribution < 1.29 is 23.5 Å². The Hall–Kier alpha value is -4.55. The van der Waals surface area contributed by atoms with Crippen molar-refractivity contribution in [2.45, 2.75) is 57.5 Å². The van der Waals surface area contributed by atoms with Crippen molar-refractivity contribution in [2.75, 3.05) is 14.2 Å². The van der Waals surface area contributed by atoms with Crippen molar-refractivity contribution in [2.24, 2.45) is 16.6 Å². The van der Waals surface area contributed by atoms with Gasteiger partial charge in [0.15, 0.2) is 17.5 Å². The van der Waals surface area contributed by atoms with Crippen LogP contribution >= 0.6 is 0 Å². The highest BCUT2D eigenvalue weighted by molar-refractivity contribution is 5.98. The van der Waals surface area contributed by atoms with Crippen molar-refractivity contribution in [3.8, 4) is 22.9 Å². The van der Waals surface area contributed by atoms with Gasteiger partial charge in [0.25, 0.3) is 0 Å². The number of carbonyl (C=O) groups is 2. The van der Waals surface area contributed by atoms with Crippen LogP contribution in [0.2, 0.25) is 0 Å². The highest BCUT2D eigenvalue weighted by atomic mass is 19.1. The summed E-state index contributed by atoms with van der Waals surface area (Å²) < 4.78 is 25.1. The molecule has 1 heterocycles. The van der Waals surface area contributed by atoms with E-state index in [2.05, 4.69) is 36.3 Å². The standard InChI is InChI=1S/C28H35FN8O4/c1-40-23-11-9-18(14-24(23)41-2)15-25(38)33-28(30)32-22(13-17-6-4-3-5-7-17)27(39)31-16-19-8-10-20(21(29)12-19)26-34-36-37-35-26/h8-12,14,17,22H,3-7,13,15-16H2,1-2H3,(H,31,39)(H3,30,32,33,38)(H,34,35,36,37)/t22-/m1/s1. The third kappa shape index (κ3) is 8.22. The predicted molar refractivity (Wildman–Crippen MR) is 149 cm³/mol. The molecule has 0 bridgehead atoms. The molecule has 2 amide bonds. The molecule has 1 aliphatic rings. The third-order valence-corrected chi connectivity index (χ3v) is 7.05. The number of ether oxygens (including phenoxy) is 2. The number of H-pyrrole nitrogens is 1. The maximum atomic E-state index is 14.6. The predicted octanol–water partition coefficient (Wildman–Crippen LogP) is 2.65. The minimum absolute atomic E-state index is 0.0292. The molecule has 12 nitrogen and oxygen atoms in total. The number of hydrogen-bond donors (Lipinski definition) is 4. The van der Waals surface area contributed by atoms with E-state index in [-0.39, 0.29) is 42.1 Å². The fourth-order valence-electron chi connectivity index (χ4n) is 4.95. The number of nitrogens with one attached hydrogen (secondary N) is 3. The molecule has 218 valence electrons. The molecular formula is C28H35FN8O4. The quantitative estimate of drug-likeness (QED) is 0.203. The van der Waals surface area contributed by atoms with Crippen molar-refractivity contribution in [1.29, 1.82) is 0 Å². The Morgan fingerprint density at radius 3 is 2.54 bits per heavy atom. The molecule has 0 saturated heterocycles. The van der Waals surface area contributed by atoms with Crippen LogP contribution in [-0.2, 0) is 22.6 Å². The van der Waals surface area contributed by atoms with Crippen LogP contribution in [0, 0.1) is 11.7 Å². The Labute approximate surface area is 237 Å². The lowest BCUT2D eigenvalue weighted by molar-refractivity contribution is -0.123. The molecule has 5 N–H and O–H groups in total. The number of aromatic amines is 1. The van der Waals surface area contributed by atoms with E-state index in [0.717, 1.165) is 25.7 Å². The number of rotatable bonds is 11. The van der Waals surface area contributed by atoms with Crippen LogP contribution < -0.4 is 25.8 Å². The number of methoxy groups -OCH3 is 2. The Bertz CT molecular complexity index is 1360. The van der Waals surface area contributed by atoms with E-state index in [1.54, 1.807) is 24.3 Å². The Morgan fingerprint density at radius 2 is 1.85 bits per heavy atom. The average molecular weight is 567 g/mol. The van der Waals surface area contributed by atoms with Crippen molar-refractivity contribution >= 4 is 17.8 Å². The number of amides is 2. The number of guanidine groups is 1. The van der Waals surface area contributed by atoms with E-state index >= 15 is 0 Å². The zero-order valence-corrected chi connectivity index (χ0v) is 23.2. The topological polar surface area (TPSA) is 169 Å². The van der Waals surface area contributed by atoms with Crippen LogP contribution in [-0.4, -0.2) is 58.7 Å². The molecule has 0 radical (unpaired) electrons. The second kappa shape index (κ2) is 14.2. The number of nitrogens with zero attached hydrogens (tertiary/aromatic N) is 4. The van der Waals surface area contributed by atoms with Gasteiger partial charge in [0.2, 0.25) is 17.6 Å². The van der Waals surface area contributed by atoms with Gasteiger partial charge in [-0.3, -0.25) is 14.9 Å². The first kappa shape index (κ1) is 29.4. The van der Waals surface area contributed by atoms with Crippen LogP contribution in [0.5, 0.6) is 11.5 Å². The van der Waals surface area contributed by atoms with Crippen LogP contribution in [0.1, 0.15) is 49.7 Å². The Kier molecular flexibility index (Phi) is 10.2. The molecule has 0 unspecified atom stereocenters. The molecule has 0 spiro atoms. The van der Waals surface area contributed by atoms with Gasteiger partial charge in [0.05, 0.1) is 26.2 Å². The molecule has 0 aliphatic heterocycles. The van der Waals surface area contributed by atoms with E-state index in [1.165, 1.54) is 32.8 Å². The largest absolute Gasteiger partial charge is 0.493 e. The lowest BCUT2D eigenvalue weighted by Crippen LogP contribution is -2.42. The highest BCUT2D eigenvalue weighted by Gasteiger charge is 2.25. The molecule has 41 heavy (non-hydrogen) atoms. The first-order chi connectivity index (χ1) is 19.9. The summed E-state index contributed by atoms with van der Waals surface area (Å²) in [4.78, 5) is 30.3. The number of benzene rings is 2. The zero-order chi connectivity index (χ0) is 29.2. The average Bonchev–Trinajstić information content (AvgIpc) is 3.50. The maximum Gasteiger partial charge on any atom is 0.245 e. The van der Waals surface area contributed by atoms with Gasteiger partial charge in [-0.25, -0.2) is 9.38 Å². The first-order valence-corrected chi connectivity index (χ1v) is 13.5. The van der Waals surface area contributed by atoms with E-state index < -0.39 is 11.9 Å². The molecule has 3 aromatic rings. The van der Waals surface area contributed by atoms with Gasteiger partial charge < -0.3 is 20.5 Å². The second-order valence-electron chi connectivity index (χ2n) is 9.95. The molecule has 1 aliphatic carbocycles. The zero-order valence-electron chi connectivity index (χ0n) is 23.2. The van der Waals surface area contributed by atoms with Crippen molar-refractivity contribution in [3.05, 3.63) is 53.3 Å². The minimum Gasteiger partial charge on any atom is -0.493 e. The first-order valence-electron chi connectivity index (χ1n) is 13.5. The Balaban J connectivity index is 1.40. The summed E-state index contributed by atoms with van der Waals surface area (Å²) in [5.74, 6) is 0.128. The van der Waals surface area contributed by atoms with Gasteiger partial charge in [0, 0.05) is 6.54 Å². The van der Waals surface area contributed by atoms with E-state index in [4.69, 9.17) is 15.2 Å². The van der Waals surface area contributed by atoms with Gasteiger partial charge in [-0.05, 0) is 52.9 Å². The Morgan fingerprint density at radius 1 is 1.10 bits per heavy atom. The molecule has 4 rings (SSSR count). The number of aromatic nitrogens is 4. The number of nitrogens with two attached hydrogens (primary N) is 1. The van der Waals surface area contributed by atoms with Crippen LogP contribution in [0.25, 0.3) is 11.4 Å². The SMILES string of the molecule is COc1ccc(CC(=O)NC(N)=N[C@H](CC2CCCCC2)C(=O)NCc2ccc(-c3nn[nH]n3)c(F)c2)cc1OC. The minimum atomic E-state index is -0.803. The normalized spacial score (nSPS) is 14.8. The van der Waals surface area contributed by atoms with E-state index in [0.29, 0.717) is 35.0 Å². The lowest BCUT2D eigenvalue weighted by Gasteiger charge is -2.24. The molecule has 1 aromatic heterocycles. The molecule has 13 heteroatoms. The lowest BCUT2D eigenvalue weighted by atomic mass is 9.84. The van der Waals surface area contributed by atoms with E-state index in [1.807, 2.05) is 0 Å². The summed E-state index contributed by atoms with van der Waals surface area (Å²) in [5, 5.41) is 18.7. The van der Waals surface area contributed by atoms with Gasteiger partial charge in [-0.15, -0.1) is 10.2 Å². The summed E-state index contributed by atoms with van der Waals surface area (Å²) in [5.41, 5.74) is 7.54. The van der Waals surface area contributed by atoms with Gasteiger partial charge >= 0.3 is 0 Å². The van der Waals surface area contributed by atoms with Gasteiger partial charge in [-0.2, -0.15) is 5.21 Å². The highest BCUT2D eigenvalue weighted by Crippen LogP contribution is 2.29. The smallest absolute Gasteiger partial charge is 0.245 e. The number of tetrazole rings is 1. The fourth-order valence-corrected chi connectivity index (χ4v) is 4.95. The molecule has 2 aromatic carbocycles. The number of hydrogen-bond acceptors (Lipinski definition) is 8. The molecular weight excluding hydrogens is 531 g/mol. The number of aliphatic imine (C=N–C) groups is 1. The number of carbonyl (C=O) groups excluding carboxylic acids is 2. The van der Waals surface area contributed by atoms with Gasteiger partial charge in [-0.1, -0.05) is 44.2 Å². The molecule has 1 fully saturated rings. The van der Waals surface area contributed by atoms with Crippen LogP contribution in [0.3, 0.4) is 0 Å². The van der Waals surface area contributed by atoms with Gasteiger partial charge in [0.1, 0.15) is 11.9 Å².